The quantitative estimate of drug-likeness (QED) is 0.857. The van der Waals surface area contributed by atoms with Crippen molar-refractivity contribution in [1.29, 1.82) is 0 Å². The number of aromatic nitrogens is 2. The number of carbonyl (C=O) groups excluding carboxylic acids is 1. The number of aryl methyl sites for hydroxylation is 1. The van der Waals surface area contributed by atoms with E-state index in [0.29, 0.717) is 12.1 Å². The minimum atomic E-state index is -0.128. The smallest absolute Gasteiger partial charge is 0.254 e. The van der Waals surface area contributed by atoms with Gasteiger partial charge in [0.25, 0.3) is 5.91 Å². The molecule has 0 unspecified atom stereocenters. The molecule has 0 fully saturated rings. The molecule has 0 aliphatic heterocycles. The van der Waals surface area contributed by atoms with Crippen LogP contribution in [0.4, 0.5) is 0 Å². The molecule has 1 aromatic carbocycles. The molecule has 0 radical (unpaired) electrons. The Morgan fingerprint density at radius 1 is 1.36 bits per heavy atom. The van der Waals surface area contributed by atoms with Gasteiger partial charge in [-0.15, -0.1) is 11.8 Å². The van der Waals surface area contributed by atoms with Crippen LogP contribution in [0.1, 0.15) is 46.9 Å². The summed E-state index contributed by atoms with van der Waals surface area (Å²) in [5.74, 6) is 0.0572. The van der Waals surface area contributed by atoms with Gasteiger partial charge in [-0.2, -0.15) is 0 Å². The Bertz CT molecular complexity index is 671. The second-order valence-corrected chi connectivity index (χ2v) is 6.32. The maximum absolute atomic E-state index is 12.4. The molecule has 116 valence electrons. The van der Waals surface area contributed by atoms with Gasteiger partial charge in [-0.05, 0) is 36.3 Å². The molecule has 0 saturated carbocycles. The first-order valence-electron chi connectivity index (χ1n) is 7.24. The molecule has 0 atom stereocenters. The summed E-state index contributed by atoms with van der Waals surface area (Å²) < 4.78 is 0. The number of nitrogens with one attached hydrogen (secondary N) is 1. The molecular formula is C17H21N3OS. The van der Waals surface area contributed by atoms with E-state index in [1.54, 1.807) is 18.0 Å². The zero-order valence-corrected chi connectivity index (χ0v) is 14.2. The van der Waals surface area contributed by atoms with E-state index in [1.807, 2.05) is 20.1 Å². The Kier molecular flexibility index (Phi) is 5.55. The minimum Gasteiger partial charge on any atom is -0.348 e. The topological polar surface area (TPSA) is 54.9 Å². The van der Waals surface area contributed by atoms with E-state index >= 15 is 0 Å². The van der Waals surface area contributed by atoms with Crippen LogP contribution in [0.2, 0.25) is 0 Å². The van der Waals surface area contributed by atoms with Crippen LogP contribution >= 0.6 is 11.8 Å². The number of hydrogen-bond acceptors (Lipinski definition) is 4. The Labute approximate surface area is 135 Å². The summed E-state index contributed by atoms with van der Waals surface area (Å²) in [5.41, 5.74) is 3.67. The molecule has 2 rings (SSSR count). The van der Waals surface area contributed by atoms with Gasteiger partial charge in [0.05, 0.1) is 11.3 Å². The normalized spacial score (nSPS) is 10.8. The summed E-state index contributed by atoms with van der Waals surface area (Å²) in [5, 5.41) is 2.97. The standard InChI is InChI=1S/C17H21N3OS/c1-11(2)16-14(9-18-10-20-16)17(21)19-8-13-6-5-12(3)7-15(13)22-4/h5-7,9-11H,8H2,1-4H3,(H,19,21). The highest BCUT2D eigenvalue weighted by Gasteiger charge is 2.15. The van der Waals surface area contributed by atoms with Gasteiger partial charge < -0.3 is 5.32 Å². The number of thioether (sulfide) groups is 1. The third-order valence-electron chi connectivity index (χ3n) is 3.42. The average Bonchev–Trinajstić information content (AvgIpc) is 2.53. The Balaban J connectivity index is 2.14. The zero-order valence-electron chi connectivity index (χ0n) is 13.4. The zero-order chi connectivity index (χ0) is 16.1. The van der Waals surface area contributed by atoms with Crippen LogP contribution in [-0.2, 0) is 6.54 Å². The first-order valence-corrected chi connectivity index (χ1v) is 8.47. The van der Waals surface area contributed by atoms with Gasteiger partial charge in [0.2, 0.25) is 0 Å². The fraction of sp³-hybridized carbons (Fsp3) is 0.353. The maximum atomic E-state index is 12.4. The second-order valence-electron chi connectivity index (χ2n) is 5.47. The van der Waals surface area contributed by atoms with Gasteiger partial charge in [0, 0.05) is 17.6 Å². The molecule has 1 amide bonds. The van der Waals surface area contributed by atoms with Gasteiger partial charge in [-0.1, -0.05) is 26.0 Å². The highest BCUT2D eigenvalue weighted by Crippen LogP contribution is 2.22. The van der Waals surface area contributed by atoms with Crippen molar-refractivity contribution < 1.29 is 4.79 Å². The van der Waals surface area contributed by atoms with E-state index in [-0.39, 0.29) is 11.8 Å². The molecule has 1 aromatic heterocycles. The fourth-order valence-electron chi connectivity index (χ4n) is 2.24. The Hall–Kier alpha value is -1.88. The molecule has 0 spiro atoms. The van der Waals surface area contributed by atoms with E-state index in [0.717, 1.165) is 11.3 Å². The third-order valence-corrected chi connectivity index (χ3v) is 4.24. The summed E-state index contributed by atoms with van der Waals surface area (Å²) in [7, 11) is 0. The highest BCUT2D eigenvalue weighted by atomic mass is 32.2. The molecule has 0 aliphatic carbocycles. The number of benzene rings is 1. The number of rotatable bonds is 5. The van der Waals surface area contributed by atoms with E-state index < -0.39 is 0 Å². The summed E-state index contributed by atoms with van der Waals surface area (Å²) in [4.78, 5) is 21.8. The molecule has 4 nitrogen and oxygen atoms in total. The number of hydrogen-bond donors (Lipinski definition) is 1. The van der Waals surface area contributed by atoms with Crippen LogP contribution in [0, 0.1) is 6.92 Å². The van der Waals surface area contributed by atoms with Crippen LogP contribution < -0.4 is 5.32 Å². The lowest BCUT2D eigenvalue weighted by molar-refractivity contribution is 0.0948. The van der Waals surface area contributed by atoms with Crippen LogP contribution in [0.15, 0.2) is 35.6 Å². The molecule has 0 saturated heterocycles. The van der Waals surface area contributed by atoms with Crippen LogP contribution in [0.25, 0.3) is 0 Å². The molecule has 0 aliphatic rings. The molecule has 5 heteroatoms. The largest absolute Gasteiger partial charge is 0.348 e. The van der Waals surface area contributed by atoms with Crippen molar-refractivity contribution in [3.05, 3.63) is 53.1 Å². The van der Waals surface area contributed by atoms with Gasteiger partial charge in [-0.3, -0.25) is 4.79 Å². The Morgan fingerprint density at radius 2 is 2.14 bits per heavy atom. The number of amides is 1. The van der Waals surface area contributed by atoms with Crippen LogP contribution in [-0.4, -0.2) is 22.1 Å². The molecule has 22 heavy (non-hydrogen) atoms. The molecule has 2 aromatic rings. The van der Waals surface area contributed by atoms with Gasteiger partial charge >= 0.3 is 0 Å². The monoisotopic (exact) mass is 315 g/mol. The van der Waals surface area contributed by atoms with E-state index in [4.69, 9.17) is 0 Å². The van der Waals surface area contributed by atoms with Crippen molar-refractivity contribution >= 4 is 17.7 Å². The van der Waals surface area contributed by atoms with E-state index in [1.165, 1.54) is 16.8 Å². The molecule has 0 bridgehead atoms. The predicted octanol–water partition coefficient (Wildman–Crippen LogP) is 3.56. The third kappa shape index (κ3) is 3.85. The van der Waals surface area contributed by atoms with Crippen molar-refractivity contribution in [1.82, 2.24) is 15.3 Å². The lowest BCUT2D eigenvalue weighted by Gasteiger charge is -2.12. The molecular weight excluding hydrogens is 294 g/mol. The SMILES string of the molecule is CSc1cc(C)ccc1CNC(=O)c1cncnc1C(C)C. The minimum absolute atomic E-state index is 0.128. The van der Waals surface area contributed by atoms with Gasteiger partial charge in [0.1, 0.15) is 6.33 Å². The van der Waals surface area contributed by atoms with E-state index in [9.17, 15) is 4.79 Å². The van der Waals surface area contributed by atoms with Crippen LogP contribution in [0.3, 0.4) is 0 Å². The summed E-state index contributed by atoms with van der Waals surface area (Å²) in [6.45, 7) is 6.61. The van der Waals surface area contributed by atoms with Gasteiger partial charge in [0.15, 0.2) is 0 Å². The van der Waals surface area contributed by atoms with Crippen molar-refractivity contribution in [3.8, 4) is 0 Å². The average molecular weight is 315 g/mol. The van der Waals surface area contributed by atoms with Crippen molar-refractivity contribution in [2.45, 2.75) is 38.1 Å². The van der Waals surface area contributed by atoms with E-state index in [2.05, 4.69) is 40.4 Å². The predicted molar refractivity (Wildman–Crippen MR) is 90.3 cm³/mol. The van der Waals surface area contributed by atoms with Crippen LogP contribution in [0.5, 0.6) is 0 Å². The first kappa shape index (κ1) is 16.5. The van der Waals surface area contributed by atoms with Crippen molar-refractivity contribution in [2.75, 3.05) is 6.26 Å². The lowest BCUT2D eigenvalue weighted by atomic mass is 10.0. The maximum Gasteiger partial charge on any atom is 0.254 e. The molecule has 1 heterocycles. The number of nitrogens with zero attached hydrogens (tertiary/aromatic N) is 2. The summed E-state index contributed by atoms with van der Waals surface area (Å²) in [6.07, 6.45) is 5.11. The van der Waals surface area contributed by atoms with Crippen molar-refractivity contribution in [3.63, 3.8) is 0 Å². The second kappa shape index (κ2) is 7.40. The fourth-order valence-corrected chi connectivity index (χ4v) is 2.95. The van der Waals surface area contributed by atoms with Gasteiger partial charge in [-0.25, -0.2) is 9.97 Å². The summed E-state index contributed by atoms with van der Waals surface area (Å²) in [6, 6.07) is 6.26. The Morgan fingerprint density at radius 3 is 2.82 bits per heavy atom. The summed E-state index contributed by atoms with van der Waals surface area (Å²) >= 11 is 1.69. The van der Waals surface area contributed by atoms with Crippen molar-refractivity contribution in [2.24, 2.45) is 0 Å². The first-order chi connectivity index (χ1) is 10.5. The molecule has 1 N–H and O–H groups in total. The number of carbonyl (C=O) groups is 1. The lowest BCUT2D eigenvalue weighted by Crippen LogP contribution is -2.25. The highest BCUT2D eigenvalue weighted by molar-refractivity contribution is 7.98.